The van der Waals surface area contributed by atoms with E-state index < -0.39 is 0 Å². The Morgan fingerprint density at radius 3 is 2.88 bits per heavy atom. The van der Waals surface area contributed by atoms with E-state index in [1.165, 1.54) is 6.42 Å². The molecule has 0 amide bonds. The molecule has 2 aromatic rings. The van der Waals surface area contributed by atoms with Crippen LogP contribution in [0.15, 0.2) is 0 Å². The van der Waals surface area contributed by atoms with Crippen molar-refractivity contribution in [1.29, 1.82) is 5.26 Å². The fourth-order valence-electron chi connectivity index (χ4n) is 2.53. The Morgan fingerprint density at radius 2 is 2.06 bits per heavy atom. The highest BCUT2D eigenvalue weighted by Crippen LogP contribution is 2.29. The highest BCUT2D eigenvalue weighted by Gasteiger charge is 2.19. The summed E-state index contributed by atoms with van der Waals surface area (Å²) in [4.78, 5) is 4.53. The van der Waals surface area contributed by atoms with E-state index in [0.717, 1.165) is 36.9 Å². The molecule has 3 rings (SSSR count). The van der Waals surface area contributed by atoms with Crippen LogP contribution >= 0.6 is 0 Å². The number of nitrogens with zero attached hydrogens (tertiary/aromatic N) is 3. The lowest BCUT2D eigenvalue weighted by Crippen LogP contribution is -2.01. The Kier molecular flexibility index (Phi) is 2.22. The van der Waals surface area contributed by atoms with Gasteiger partial charge in [-0.1, -0.05) is 6.42 Å². The van der Waals surface area contributed by atoms with Crippen LogP contribution in [-0.2, 0) is 12.8 Å². The van der Waals surface area contributed by atoms with Gasteiger partial charge in [0.2, 0.25) is 0 Å². The molecule has 0 atom stereocenters. The molecule has 0 aromatic carbocycles. The third-order valence-electron chi connectivity index (χ3n) is 3.37. The van der Waals surface area contributed by atoms with E-state index in [1.54, 1.807) is 0 Å². The molecule has 0 aliphatic heterocycles. The van der Waals surface area contributed by atoms with E-state index in [4.69, 9.17) is 5.73 Å². The lowest BCUT2D eigenvalue weighted by Gasteiger charge is -2.07. The number of fused-ring (bicyclic) bond motifs is 2. The molecule has 3 N–H and O–H groups in total. The number of aryl methyl sites for hydroxylation is 1. The standard InChI is InChI=1S/C12H13N5/c13-6-8-7-4-2-1-3-5-9(7)15-12-10(8)11(14)16-17-12/h1-5H2,(H3,14,15,16,17). The van der Waals surface area contributed by atoms with Gasteiger partial charge in [-0.15, -0.1) is 0 Å². The topological polar surface area (TPSA) is 91.4 Å². The molecule has 2 aromatic heterocycles. The minimum atomic E-state index is 0.441. The fourth-order valence-corrected chi connectivity index (χ4v) is 2.53. The van der Waals surface area contributed by atoms with Crippen LogP contribution in [0.25, 0.3) is 11.0 Å². The fraction of sp³-hybridized carbons (Fsp3) is 0.417. The number of anilines is 1. The molecule has 17 heavy (non-hydrogen) atoms. The number of hydrogen-bond acceptors (Lipinski definition) is 4. The summed E-state index contributed by atoms with van der Waals surface area (Å²) in [6, 6.07) is 2.27. The van der Waals surface area contributed by atoms with Crippen molar-refractivity contribution in [2.45, 2.75) is 32.1 Å². The largest absolute Gasteiger partial charge is 0.383 e. The second-order valence-corrected chi connectivity index (χ2v) is 4.42. The predicted octanol–water partition coefficient (Wildman–Crippen LogP) is 1.68. The van der Waals surface area contributed by atoms with Crippen molar-refractivity contribution in [3.05, 3.63) is 16.8 Å². The first-order valence-corrected chi connectivity index (χ1v) is 5.86. The molecule has 5 heteroatoms. The zero-order valence-electron chi connectivity index (χ0n) is 9.45. The minimum absolute atomic E-state index is 0.441. The maximum Gasteiger partial charge on any atom is 0.184 e. The summed E-state index contributed by atoms with van der Waals surface area (Å²) < 4.78 is 0. The number of nitrogens with one attached hydrogen (secondary N) is 1. The van der Waals surface area contributed by atoms with Crippen LogP contribution in [0.1, 0.15) is 36.1 Å². The Hall–Kier alpha value is -2.09. The third-order valence-corrected chi connectivity index (χ3v) is 3.37. The molecule has 5 nitrogen and oxygen atoms in total. The molecule has 1 aliphatic rings. The van der Waals surface area contributed by atoms with E-state index in [1.807, 2.05) is 0 Å². The van der Waals surface area contributed by atoms with Crippen LogP contribution in [0.4, 0.5) is 5.82 Å². The van der Waals surface area contributed by atoms with Gasteiger partial charge in [-0.2, -0.15) is 10.4 Å². The molecule has 2 heterocycles. The maximum atomic E-state index is 9.35. The maximum absolute atomic E-state index is 9.35. The molecular weight excluding hydrogens is 214 g/mol. The van der Waals surface area contributed by atoms with E-state index in [-0.39, 0.29) is 0 Å². The van der Waals surface area contributed by atoms with Crippen LogP contribution in [0.3, 0.4) is 0 Å². The molecule has 0 unspecified atom stereocenters. The molecule has 0 saturated heterocycles. The summed E-state index contributed by atoms with van der Waals surface area (Å²) in [6.45, 7) is 0. The summed E-state index contributed by atoms with van der Waals surface area (Å²) in [6.07, 6.45) is 5.31. The number of H-pyrrole nitrogens is 1. The average Bonchev–Trinajstić information content (AvgIpc) is 2.57. The summed E-state index contributed by atoms with van der Waals surface area (Å²) in [7, 11) is 0. The van der Waals surface area contributed by atoms with E-state index in [0.29, 0.717) is 22.4 Å². The second-order valence-electron chi connectivity index (χ2n) is 4.42. The van der Waals surface area contributed by atoms with Crippen molar-refractivity contribution in [2.75, 3.05) is 5.73 Å². The molecular formula is C12H13N5. The molecule has 0 bridgehead atoms. The zero-order valence-corrected chi connectivity index (χ0v) is 9.45. The van der Waals surface area contributed by atoms with Crippen LogP contribution in [-0.4, -0.2) is 15.2 Å². The number of nitriles is 1. The van der Waals surface area contributed by atoms with Gasteiger partial charge in [-0.25, -0.2) is 4.98 Å². The molecule has 0 saturated carbocycles. The molecule has 86 valence electrons. The number of nitrogens with two attached hydrogens (primary N) is 1. The van der Waals surface area contributed by atoms with Gasteiger partial charge in [-0.3, -0.25) is 5.10 Å². The van der Waals surface area contributed by atoms with Gasteiger partial charge in [0.15, 0.2) is 5.65 Å². The Balaban J connectivity index is 2.37. The number of aromatic amines is 1. The van der Waals surface area contributed by atoms with Crippen LogP contribution in [0, 0.1) is 11.3 Å². The number of hydrogen-bond donors (Lipinski definition) is 2. The van der Waals surface area contributed by atoms with E-state index in [9.17, 15) is 5.26 Å². The second kappa shape index (κ2) is 3.74. The quantitative estimate of drug-likeness (QED) is 0.670. The van der Waals surface area contributed by atoms with Gasteiger partial charge in [0, 0.05) is 5.69 Å². The SMILES string of the molecule is N#Cc1c2c(nc3n[nH]c(N)c13)CCCCC2. The van der Waals surface area contributed by atoms with Crippen molar-refractivity contribution < 1.29 is 0 Å². The van der Waals surface area contributed by atoms with Crippen LogP contribution in [0.2, 0.25) is 0 Å². The number of rotatable bonds is 0. The van der Waals surface area contributed by atoms with Crippen molar-refractivity contribution in [3.63, 3.8) is 0 Å². The first-order valence-electron chi connectivity index (χ1n) is 5.86. The lowest BCUT2D eigenvalue weighted by molar-refractivity contribution is 0.708. The number of pyridine rings is 1. The lowest BCUT2D eigenvalue weighted by atomic mass is 10.00. The molecule has 1 aliphatic carbocycles. The van der Waals surface area contributed by atoms with Gasteiger partial charge < -0.3 is 5.73 Å². The van der Waals surface area contributed by atoms with Gasteiger partial charge in [0.05, 0.1) is 10.9 Å². The predicted molar refractivity (Wildman–Crippen MR) is 64.3 cm³/mol. The van der Waals surface area contributed by atoms with Gasteiger partial charge >= 0.3 is 0 Å². The molecule has 0 radical (unpaired) electrons. The highest BCUT2D eigenvalue weighted by atomic mass is 15.2. The minimum Gasteiger partial charge on any atom is -0.383 e. The normalized spacial score (nSPS) is 15.2. The number of aromatic nitrogens is 3. The third kappa shape index (κ3) is 1.45. The van der Waals surface area contributed by atoms with Crippen molar-refractivity contribution >= 4 is 16.9 Å². The van der Waals surface area contributed by atoms with Crippen molar-refractivity contribution in [1.82, 2.24) is 15.2 Å². The summed E-state index contributed by atoms with van der Waals surface area (Å²) in [5.74, 6) is 0.441. The van der Waals surface area contributed by atoms with Gasteiger partial charge in [-0.05, 0) is 31.2 Å². The zero-order chi connectivity index (χ0) is 11.8. The van der Waals surface area contributed by atoms with E-state index in [2.05, 4.69) is 21.3 Å². The van der Waals surface area contributed by atoms with Crippen LogP contribution < -0.4 is 5.73 Å². The van der Waals surface area contributed by atoms with Crippen LogP contribution in [0.5, 0.6) is 0 Å². The van der Waals surface area contributed by atoms with Crippen molar-refractivity contribution in [2.24, 2.45) is 0 Å². The Bertz CT molecular complexity index is 620. The Morgan fingerprint density at radius 1 is 1.24 bits per heavy atom. The molecule has 0 spiro atoms. The first kappa shape index (κ1) is 10.1. The Labute approximate surface area is 98.6 Å². The summed E-state index contributed by atoms with van der Waals surface area (Å²) in [5.41, 5.74) is 9.15. The average molecular weight is 227 g/mol. The first-order chi connectivity index (χ1) is 8.31. The number of nitrogen functional groups attached to an aromatic ring is 1. The van der Waals surface area contributed by atoms with Gasteiger partial charge in [0.25, 0.3) is 0 Å². The highest BCUT2D eigenvalue weighted by molar-refractivity contribution is 5.92. The monoisotopic (exact) mass is 227 g/mol. The summed E-state index contributed by atoms with van der Waals surface area (Å²) in [5, 5.41) is 16.8. The smallest absolute Gasteiger partial charge is 0.184 e. The van der Waals surface area contributed by atoms with Crippen molar-refractivity contribution in [3.8, 4) is 6.07 Å². The molecule has 0 fully saturated rings. The van der Waals surface area contributed by atoms with Gasteiger partial charge in [0.1, 0.15) is 11.9 Å². The summed E-state index contributed by atoms with van der Waals surface area (Å²) >= 11 is 0. The van der Waals surface area contributed by atoms with E-state index >= 15 is 0 Å².